The van der Waals surface area contributed by atoms with Crippen molar-refractivity contribution in [1.29, 1.82) is 0 Å². The molecule has 30 heavy (non-hydrogen) atoms. The number of nitrogens with zero attached hydrogens (tertiary/aromatic N) is 5. The molecule has 4 rings (SSSR count). The number of esters is 1. The number of ether oxygens (including phenoxy) is 2. The summed E-state index contributed by atoms with van der Waals surface area (Å²) < 4.78 is 9.95. The van der Waals surface area contributed by atoms with Gasteiger partial charge in [0.2, 0.25) is 5.96 Å². The number of fused-ring (bicyclic) bond motifs is 3. The van der Waals surface area contributed by atoms with Crippen LogP contribution in [-0.2, 0) is 14.3 Å². The van der Waals surface area contributed by atoms with Gasteiger partial charge in [0.05, 0.1) is 14.2 Å². The van der Waals surface area contributed by atoms with Crippen molar-refractivity contribution in [3.05, 3.63) is 36.2 Å². The molecule has 1 fully saturated rings. The van der Waals surface area contributed by atoms with Crippen LogP contribution in [0.3, 0.4) is 0 Å². The number of imide groups is 1. The summed E-state index contributed by atoms with van der Waals surface area (Å²) in [5, 5.41) is 0. The van der Waals surface area contributed by atoms with Gasteiger partial charge in [0.1, 0.15) is 11.8 Å². The van der Waals surface area contributed by atoms with Crippen LogP contribution >= 0.6 is 0 Å². The molecule has 1 aromatic rings. The van der Waals surface area contributed by atoms with E-state index in [0.717, 1.165) is 22.0 Å². The topological polar surface area (TPSA) is 95.0 Å². The quantitative estimate of drug-likeness (QED) is 0.685. The Morgan fingerprint density at radius 2 is 1.83 bits per heavy atom. The maximum Gasteiger partial charge on any atom is 0.329 e. The third kappa shape index (κ3) is 2.71. The number of amides is 3. The molecule has 0 spiro atoms. The molecular formula is C20H23N5O5. The molecule has 158 valence electrons. The molecule has 0 aromatic heterocycles. The van der Waals surface area contributed by atoms with Crippen LogP contribution in [0.2, 0.25) is 0 Å². The van der Waals surface area contributed by atoms with E-state index >= 15 is 0 Å². The molecule has 0 bridgehead atoms. The Morgan fingerprint density at radius 3 is 2.43 bits per heavy atom. The summed E-state index contributed by atoms with van der Waals surface area (Å²) in [4.78, 5) is 48.8. The highest BCUT2D eigenvalue weighted by atomic mass is 16.5. The van der Waals surface area contributed by atoms with E-state index in [2.05, 4.69) is 0 Å². The van der Waals surface area contributed by atoms with Gasteiger partial charge in [0.25, 0.3) is 5.91 Å². The number of hydrogen-bond acceptors (Lipinski definition) is 8. The van der Waals surface area contributed by atoms with E-state index in [-0.39, 0.29) is 0 Å². The summed E-state index contributed by atoms with van der Waals surface area (Å²) in [7, 11) is 4.40. The first-order chi connectivity index (χ1) is 14.3. The standard InChI is InChI=1S/C20H23N5O5/c1-11-10-23-15-16(21-19(23)24(11)13-6-8-14(29-4)9-7-13)22(3)20(28)25(17(15)26)12(2)18(27)30-5/h6-10,12,15-16H,1-5H3. The highest BCUT2D eigenvalue weighted by Crippen LogP contribution is 2.37. The first kappa shape index (κ1) is 19.7. The number of anilines is 1. The van der Waals surface area contributed by atoms with Gasteiger partial charge in [0.15, 0.2) is 12.2 Å². The molecule has 3 aliphatic heterocycles. The summed E-state index contributed by atoms with van der Waals surface area (Å²) in [6.07, 6.45) is 1.14. The zero-order chi connectivity index (χ0) is 21.7. The van der Waals surface area contributed by atoms with Gasteiger partial charge in [-0.15, -0.1) is 0 Å². The molecule has 3 atom stereocenters. The average molecular weight is 413 g/mol. The van der Waals surface area contributed by atoms with Crippen LogP contribution in [0.25, 0.3) is 0 Å². The number of urea groups is 1. The van der Waals surface area contributed by atoms with Crippen molar-refractivity contribution in [3.63, 3.8) is 0 Å². The lowest BCUT2D eigenvalue weighted by Gasteiger charge is -2.41. The molecule has 0 saturated carbocycles. The molecule has 0 radical (unpaired) electrons. The number of guanidine groups is 1. The number of allylic oxidation sites excluding steroid dienone is 1. The van der Waals surface area contributed by atoms with E-state index in [1.54, 1.807) is 19.1 Å². The Morgan fingerprint density at radius 1 is 1.17 bits per heavy atom. The van der Waals surface area contributed by atoms with Crippen molar-refractivity contribution in [2.24, 2.45) is 4.99 Å². The highest BCUT2D eigenvalue weighted by Gasteiger charge is 2.56. The molecular weight excluding hydrogens is 390 g/mol. The third-order valence-electron chi connectivity index (χ3n) is 5.59. The number of methoxy groups -OCH3 is 2. The number of aliphatic imine (C=N–C) groups is 1. The Balaban J connectivity index is 1.69. The van der Waals surface area contributed by atoms with Crippen molar-refractivity contribution in [2.45, 2.75) is 32.1 Å². The monoisotopic (exact) mass is 413 g/mol. The third-order valence-corrected chi connectivity index (χ3v) is 5.59. The highest BCUT2D eigenvalue weighted by molar-refractivity contribution is 6.10. The van der Waals surface area contributed by atoms with E-state index in [1.165, 1.54) is 18.9 Å². The zero-order valence-corrected chi connectivity index (χ0v) is 17.4. The zero-order valence-electron chi connectivity index (χ0n) is 17.4. The van der Waals surface area contributed by atoms with Crippen LogP contribution in [0.1, 0.15) is 13.8 Å². The van der Waals surface area contributed by atoms with Gasteiger partial charge in [-0.05, 0) is 38.1 Å². The van der Waals surface area contributed by atoms with Gasteiger partial charge in [-0.3, -0.25) is 9.69 Å². The first-order valence-corrected chi connectivity index (χ1v) is 9.46. The molecule has 3 heterocycles. The number of hydrogen-bond donors (Lipinski definition) is 0. The lowest BCUT2D eigenvalue weighted by atomic mass is 10.1. The summed E-state index contributed by atoms with van der Waals surface area (Å²) in [6.45, 7) is 3.39. The van der Waals surface area contributed by atoms with Gasteiger partial charge < -0.3 is 19.3 Å². The van der Waals surface area contributed by atoms with E-state index in [1.807, 2.05) is 42.3 Å². The van der Waals surface area contributed by atoms with E-state index < -0.39 is 36.2 Å². The molecule has 1 saturated heterocycles. The molecule has 3 amide bonds. The SMILES string of the molecule is COC(=O)C(C)N1C(=O)C2C(N=C3N(c4ccc(OC)cc4)C(C)=CN32)N(C)C1=O. The number of likely N-dealkylation sites (N-methyl/N-ethyl adjacent to an activating group) is 1. The predicted octanol–water partition coefficient (Wildman–Crippen LogP) is 1.20. The van der Waals surface area contributed by atoms with Crippen LogP contribution in [0.4, 0.5) is 10.5 Å². The van der Waals surface area contributed by atoms with E-state index in [0.29, 0.717) is 5.96 Å². The second-order valence-corrected chi connectivity index (χ2v) is 7.30. The largest absolute Gasteiger partial charge is 0.497 e. The molecule has 3 unspecified atom stereocenters. The van der Waals surface area contributed by atoms with Gasteiger partial charge in [-0.25, -0.2) is 19.5 Å². The summed E-state index contributed by atoms with van der Waals surface area (Å²) in [6, 6.07) is 5.10. The van der Waals surface area contributed by atoms with Crippen molar-refractivity contribution < 1.29 is 23.9 Å². The second-order valence-electron chi connectivity index (χ2n) is 7.30. The number of carbonyl (C=O) groups is 3. The maximum atomic E-state index is 13.3. The van der Waals surface area contributed by atoms with Crippen molar-refractivity contribution >= 4 is 29.6 Å². The molecule has 0 aliphatic carbocycles. The van der Waals surface area contributed by atoms with Crippen LogP contribution in [0, 0.1) is 0 Å². The lowest BCUT2D eigenvalue weighted by molar-refractivity contribution is -0.153. The smallest absolute Gasteiger partial charge is 0.329 e. The Labute approximate surface area is 173 Å². The normalized spacial score (nSPS) is 23.8. The van der Waals surface area contributed by atoms with Crippen LogP contribution < -0.4 is 9.64 Å². The van der Waals surface area contributed by atoms with Crippen molar-refractivity contribution in [1.82, 2.24) is 14.7 Å². The first-order valence-electron chi connectivity index (χ1n) is 9.46. The van der Waals surface area contributed by atoms with Crippen LogP contribution in [-0.4, -0.2) is 78.1 Å². The van der Waals surface area contributed by atoms with Gasteiger partial charge in [0, 0.05) is 24.6 Å². The van der Waals surface area contributed by atoms with Crippen LogP contribution in [0.5, 0.6) is 5.75 Å². The Bertz CT molecular complexity index is 972. The fourth-order valence-corrected chi connectivity index (χ4v) is 4.00. The minimum Gasteiger partial charge on any atom is -0.497 e. The van der Waals surface area contributed by atoms with Crippen molar-refractivity contribution in [3.8, 4) is 5.75 Å². The number of benzene rings is 1. The lowest BCUT2D eigenvalue weighted by Crippen LogP contribution is -2.67. The fourth-order valence-electron chi connectivity index (χ4n) is 4.00. The van der Waals surface area contributed by atoms with E-state index in [4.69, 9.17) is 14.5 Å². The average Bonchev–Trinajstić information content (AvgIpc) is 3.26. The maximum absolute atomic E-state index is 13.3. The summed E-state index contributed by atoms with van der Waals surface area (Å²) in [5.41, 5.74) is 1.72. The molecule has 3 aliphatic rings. The van der Waals surface area contributed by atoms with Gasteiger partial charge >= 0.3 is 12.0 Å². The van der Waals surface area contributed by atoms with Crippen molar-refractivity contribution in [2.75, 3.05) is 26.2 Å². The summed E-state index contributed by atoms with van der Waals surface area (Å²) in [5.74, 6) is 0.135. The summed E-state index contributed by atoms with van der Waals surface area (Å²) >= 11 is 0. The number of rotatable bonds is 4. The fraction of sp³-hybridized carbons (Fsp3) is 0.400. The molecule has 1 aromatic carbocycles. The molecule has 10 nitrogen and oxygen atoms in total. The van der Waals surface area contributed by atoms with Gasteiger partial charge in [-0.2, -0.15) is 0 Å². The molecule has 0 N–H and O–H groups in total. The second kappa shape index (κ2) is 7.05. The Hall–Kier alpha value is -3.56. The minimum absolute atomic E-state index is 0.486. The number of carbonyl (C=O) groups excluding carboxylic acids is 3. The van der Waals surface area contributed by atoms with Crippen LogP contribution in [0.15, 0.2) is 41.2 Å². The van der Waals surface area contributed by atoms with E-state index in [9.17, 15) is 14.4 Å². The van der Waals surface area contributed by atoms with Gasteiger partial charge in [-0.1, -0.05) is 0 Å². The minimum atomic E-state index is -1.03. The molecule has 10 heteroatoms. The predicted molar refractivity (Wildman–Crippen MR) is 108 cm³/mol. The Kier molecular flexibility index (Phi) is 4.64.